The number of rotatable bonds is 7. The van der Waals surface area contributed by atoms with E-state index >= 15 is 0 Å². The highest BCUT2D eigenvalue weighted by Gasteiger charge is 2.31. The molecule has 4 aromatic rings. The summed E-state index contributed by atoms with van der Waals surface area (Å²) in [6.07, 6.45) is 4.76. The summed E-state index contributed by atoms with van der Waals surface area (Å²) in [5, 5.41) is 3.01. The van der Waals surface area contributed by atoms with E-state index in [1.54, 1.807) is 18.3 Å². The molecule has 1 N–H and O–H groups in total. The van der Waals surface area contributed by atoms with Crippen LogP contribution >= 0.6 is 0 Å². The van der Waals surface area contributed by atoms with Crippen molar-refractivity contribution in [3.05, 3.63) is 71.1 Å². The minimum absolute atomic E-state index is 0.0226. The molecule has 39 heavy (non-hydrogen) atoms. The molecule has 0 amide bonds. The molecule has 1 saturated heterocycles. The summed E-state index contributed by atoms with van der Waals surface area (Å²) < 4.78 is 31.7. The van der Waals surface area contributed by atoms with Crippen molar-refractivity contribution in [2.45, 2.75) is 52.6 Å². The molecule has 0 unspecified atom stereocenters. The summed E-state index contributed by atoms with van der Waals surface area (Å²) in [6, 6.07) is 6.45. The van der Waals surface area contributed by atoms with Crippen molar-refractivity contribution in [1.82, 2.24) is 29.4 Å². The molecule has 3 aromatic heterocycles. The summed E-state index contributed by atoms with van der Waals surface area (Å²) >= 11 is 0. The molecular weight excluding hydrogens is 498 g/mol. The van der Waals surface area contributed by atoms with E-state index in [9.17, 15) is 8.78 Å². The maximum atomic E-state index is 15.0. The van der Waals surface area contributed by atoms with Crippen molar-refractivity contribution in [1.29, 1.82) is 0 Å². The number of imidazole rings is 1. The number of nitrogens with zero attached hydrogens (tertiary/aromatic N) is 7. The van der Waals surface area contributed by atoms with Gasteiger partial charge in [0.2, 0.25) is 5.95 Å². The van der Waals surface area contributed by atoms with Crippen LogP contribution in [0.5, 0.6) is 0 Å². The van der Waals surface area contributed by atoms with E-state index in [-0.39, 0.29) is 29.2 Å². The Labute approximate surface area is 227 Å². The van der Waals surface area contributed by atoms with Crippen LogP contribution in [0.3, 0.4) is 0 Å². The molecule has 0 bridgehead atoms. The van der Waals surface area contributed by atoms with Gasteiger partial charge >= 0.3 is 0 Å². The SMILES string of the molecule is [C-]#[N+][C@@H](c1ccc(Nc2ncc(F)c(-c3cc(F)c4nc(C)n(C(C)C)c4c3)n2)nc1)C1CCN(CC)CC1. The number of halogens is 2. The molecule has 1 fully saturated rings. The third-order valence-corrected chi connectivity index (χ3v) is 7.49. The van der Waals surface area contributed by atoms with Gasteiger partial charge in [0.25, 0.3) is 6.04 Å². The van der Waals surface area contributed by atoms with Crippen molar-refractivity contribution in [3.63, 3.8) is 0 Å². The Morgan fingerprint density at radius 1 is 1.08 bits per heavy atom. The number of aryl methyl sites for hydroxylation is 1. The molecule has 0 aliphatic carbocycles. The normalized spacial score (nSPS) is 15.5. The van der Waals surface area contributed by atoms with Gasteiger partial charge in [-0.15, -0.1) is 0 Å². The summed E-state index contributed by atoms with van der Waals surface area (Å²) in [5.41, 5.74) is 1.98. The summed E-state index contributed by atoms with van der Waals surface area (Å²) in [6.45, 7) is 18.8. The van der Waals surface area contributed by atoms with Crippen molar-refractivity contribution in [2.75, 3.05) is 25.0 Å². The summed E-state index contributed by atoms with van der Waals surface area (Å²) in [4.78, 5) is 23.5. The van der Waals surface area contributed by atoms with Crippen LogP contribution < -0.4 is 5.32 Å². The first kappa shape index (κ1) is 26.6. The van der Waals surface area contributed by atoms with E-state index in [1.165, 1.54) is 6.07 Å². The molecule has 4 heterocycles. The lowest BCUT2D eigenvalue weighted by Crippen LogP contribution is -2.34. The third kappa shape index (κ3) is 5.32. The van der Waals surface area contributed by atoms with E-state index in [0.29, 0.717) is 28.6 Å². The van der Waals surface area contributed by atoms with Crippen LogP contribution in [0.2, 0.25) is 0 Å². The first-order chi connectivity index (χ1) is 18.8. The number of nitrogens with one attached hydrogen (secondary N) is 1. The molecule has 5 rings (SSSR count). The third-order valence-electron chi connectivity index (χ3n) is 7.49. The Morgan fingerprint density at radius 3 is 2.49 bits per heavy atom. The lowest BCUT2D eigenvalue weighted by atomic mass is 9.86. The zero-order chi connectivity index (χ0) is 27.7. The number of fused-ring (bicyclic) bond motifs is 1. The topological polar surface area (TPSA) is 76.1 Å². The number of likely N-dealkylation sites (tertiary alicyclic amines) is 1. The van der Waals surface area contributed by atoms with Gasteiger partial charge < -0.3 is 19.6 Å². The average molecular weight is 531 g/mol. The second kappa shape index (κ2) is 11.0. The highest BCUT2D eigenvalue weighted by Crippen LogP contribution is 2.34. The smallest absolute Gasteiger partial charge is 0.253 e. The van der Waals surface area contributed by atoms with Gasteiger partial charge in [0, 0.05) is 23.7 Å². The van der Waals surface area contributed by atoms with Crippen LogP contribution in [0.1, 0.15) is 57.1 Å². The predicted octanol–water partition coefficient (Wildman–Crippen LogP) is 6.49. The molecule has 1 atom stereocenters. The van der Waals surface area contributed by atoms with Gasteiger partial charge in [0.1, 0.15) is 22.9 Å². The van der Waals surface area contributed by atoms with Gasteiger partial charge in [-0.2, -0.15) is 0 Å². The molecule has 202 valence electrons. The van der Waals surface area contributed by atoms with Crippen molar-refractivity contribution >= 4 is 22.8 Å². The van der Waals surface area contributed by atoms with Crippen LogP contribution in [-0.4, -0.2) is 49.0 Å². The second-order valence-corrected chi connectivity index (χ2v) is 10.3. The minimum atomic E-state index is -0.663. The van der Waals surface area contributed by atoms with Crippen molar-refractivity contribution in [3.8, 4) is 11.3 Å². The number of pyridine rings is 1. The van der Waals surface area contributed by atoms with Gasteiger partial charge in [-0.3, -0.25) is 0 Å². The fourth-order valence-corrected chi connectivity index (χ4v) is 5.49. The highest BCUT2D eigenvalue weighted by atomic mass is 19.1. The molecule has 1 aromatic carbocycles. The van der Waals surface area contributed by atoms with Crippen LogP contribution in [0.15, 0.2) is 36.7 Å². The van der Waals surface area contributed by atoms with Crippen molar-refractivity contribution in [2.24, 2.45) is 5.92 Å². The Bertz CT molecular complexity index is 1520. The first-order valence-electron chi connectivity index (χ1n) is 13.3. The molecule has 0 saturated carbocycles. The van der Waals surface area contributed by atoms with E-state index in [2.05, 4.69) is 41.9 Å². The largest absolute Gasteiger partial charge is 0.326 e. The van der Waals surface area contributed by atoms with Gasteiger partial charge in [-0.1, -0.05) is 6.92 Å². The average Bonchev–Trinajstić information content (AvgIpc) is 3.28. The van der Waals surface area contributed by atoms with Crippen molar-refractivity contribution < 1.29 is 8.78 Å². The van der Waals surface area contributed by atoms with Gasteiger partial charge in [-0.25, -0.2) is 35.3 Å². The van der Waals surface area contributed by atoms with Gasteiger partial charge in [0.05, 0.1) is 17.3 Å². The van der Waals surface area contributed by atoms with Gasteiger partial charge in [0.15, 0.2) is 11.6 Å². The number of hydrogen-bond donors (Lipinski definition) is 1. The standard InChI is InChI=1S/C29H32F2N8/c1-6-38-11-9-19(10-12-38)26(32-5)20-7-8-25(33-15-20)36-29-34-16-23(31)27(37-29)21-13-22(30)28-24(14-21)39(17(2)3)18(4)35-28/h7-8,13-17,19,26H,6,9-12H2,1-4H3,(H,33,34,36,37)/t26-/m1/s1. The Hall–Kier alpha value is -3.97. The van der Waals surface area contributed by atoms with E-state index in [4.69, 9.17) is 6.57 Å². The molecular formula is C29H32F2N8. The van der Waals surface area contributed by atoms with E-state index < -0.39 is 11.6 Å². The number of hydrogen-bond acceptors (Lipinski definition) is 6. The maximum Gasteiger partial charge on any atom is 0.253 e. The number of anilines is 2. The Kier molecular flexibility index (Phi) is 7.53. The Morgan fingerprint density at radius 2 is 1.85 bits per heavy atom. The Balaban J connectivity index is 1.38. The molecule has 0 spiro atoms. The maximum absolute atomic E-state index is 15.0. The molecule has 8 nitrogen and oxygen atoms in total. The lowest BCUT2D eigenvalue weighted by Gasteiger charge is -2.31. The predicted molar refractivity (Wildman–Crippen MR) is 147 cm³/mol. The molecule has 1 aliphatic heterocycles. The molecule has 0 radical (unpaired) electrons. The highest BCUT2D eigenvalue weighted by molar-refractivity contribution is 5.83. The van der Waals surface area contributed by atoms with Crippen LogP contribution in [0, 0.1) is 31.0 Å². The molecule has 10 heteroatoms. The monoisotopic (exact) mass is 530 g/mol. The second-order valence-electron chi connectivity index (χ2n) is 10.3. The van der Waals surface area contributed by atoms with Crippen LogP contribution in [0.25, 0.3) is 27.1 Å². The lowest BCUT2D eigenvalue weighted by molar-refractivity contribution is 0.183. The molecule has 1 aliphatic rings. The van der Waals surface area contributed by atoms with Crippen LogP contribution in [-0.2, 0) is 0 Å². The van der Waals surface area contributed by atoms with Gasteiger partial charge in [-0.05, 0) is 77.5 Å². The number of benzene rings is 1. The summed E-state index contributed by atoms with van der Waals surface area (Å²) in [5.74, 6) is 0.393. The van der Waals surface area contributed by atoms with E-state index in [1.807, 2.05) is 31.4 Å². The first-order valence-corrected chi connectivity index (χ1v) is 13.3. The number of piperidine rings is 1. The fourth-order valence-electron chi connectivity index (χ4n) is 5.49. The van der Waals surface area contributed by atoms with Crippen LogP contribution in [0.4, 0.5) is 20.5 Å². The fraction of sp³-hybridized carbons (Fsp3) is 0.414. The zero-order valence-corrected chi connectivity index (χ0v) is 22.6. The zero-order valence-electron chi connectivity index (χ0n) is 22.6. The minimum Gasteiger partial charge on any atom is -0.326 e. The quantitative estimate of drug-likeness (QED) is 0.275. The number of aromatic nitrogens is 5. The van der Waals surface area contributed by atoms with E-state index in [0.717, 1.165) is 44.2 Å². The summed E-state index contributed by atoms with van der Waals surface area (Å²) in [7, 11) is 0.